The Kier molecular flexibility index (Phi) is 2.95. The van der Waals surface area contributed by atoms with E-state index in [1.807, 2.05) is 4.90 Å². The summed E-state index contributed by atoms with van der Waals surface area (Å²) in [6.45, 7) is 2.79. The molecule has 0 aromatic carbocycles. The number of Topliss-reactive ketones (excluding diaryl/α,β-unsaturated/α-hetero) is 1. The molecular weight excluding hydrogens is 224 g/mol. The molecule has 0 amide bonds. The number of nitrogens with zero attached hydrogens (tertiary/aromatic N) is 2. The van der Waals surface area contributed by atoms with Gasteiger partial charge in [0.25, 0.3) is 0 Å². The smallest absolute Gasteiger partial charge is 0.169 e. The summed E-state index contributed by atoms with van der Waals surface area (Å²) in [5, 5.41) is 19.3. The van der Waals surface area contributed by atoms with Crippen LogP contribution in [0.25, 0.3) is 0 Å². The summed E-state index contributed by atoms with van der Waals surface area (Å²) in [6.07, 6.45) is 0.396. The van der Waals surface area contributed by atoms with Crippen LogP contribution in [0.15, 0.2) is 6.07 Å². The first-order chi connectivity index (χ1) is 7.61. The number of anilines is 1. The summed E-state index contributed by atoms with van der Waals surface area (Å²) in [5.41, 5.74) is 0.532. The Bertz CT molecular complexity index is 461. The van der Waals surface area contributed by atoms with Gasteiger partial charge in [0, 0.05) is 13.1 Å². The number of aliphatic hydroxyl groups is 1. The minimum absolute atomic E-state index is 0.0208. The van der Waals surface area contributed by atoms with Crippen LogP contribution in [-0.4, -0.2) is 30.1 Å². The molecule has 0 bridgehead atoms. The topological polar surface area (TPSA) is 64.3 Å². The molecule has 1 saturated heterocycles. The maximum atomic E-state index is 11.2. The molecule has 1 aliphatic heterocycles. The van der Waals surface area contributed by atoms with E-state index in [1.165, 1.54) is 18.3 Å². The van der Waals surface area contributed by atoms with Crippen LogP contribution in [-0.2, 0) is 0 Å². The highest BCUT2D eigenvalue weighted by Crippen LogP contribution is 2.33. The highest BCUT2D eigenvalue weighted by atomic mass is 32.1. The Labute approximate surface area is 97.7 Å². The molecule has 0 spiro atoms. The van der Waals surface area contributed by atoms with Crippen molar-refractivity contribution in [3.05, 3.63) is 16.5 Å². The van der Waals surface area contributed by atoms with E-state index in [-0.39, 0.29) is 11.9 Å². The van der Waals surface area contributed by atoms with Gasteiger partial charge in [-0.2, -0.15) is 5.26 Å². The molecule has 1 fully saturated rings. The van der Waals surface area contributed by atoms with Crippen LogP contribution in [0.3, 0.4) is 0 Å². The lowest BCUT2D eigenvalue weighted by Gasteiger charge is -2.15. The third-order valence-electron chi connectivity index (χ3n) is 2.63. The molecule has 0 saturated carbocycles. The van der Waals surface area contributed by atoms with Gasteiger partial charge in [-0.25, -0.2) is 0 Å². The predicted molar refractivity (Wildman–Crippen MR) is 61.9 cm³/mol. The van der Waals surface area contributed by atoms with Gasteiger partial charge in [0.15, 0.2) is 5.78 Å². The van der Waals surface area contributed by atoms with Gasteiger partial charge in [-0.3, -0.25) is 4.79 Å². The Hall–Kier alpha value is -1.38. The second-order valence-electron chi connectivity index (χ2n) is 3.89. The van der Waals surface area contributed by atoms with Crippen LogP contribution in [0.2, 0.25) is 0 Å². The monoisotopic (exact) mass is 236 g/mol. The molecule has 1 unspecified atom stereocenters. The van der Waals surface area contributed by atoms with Crippen LogP contribution in [0.4, 0.5) is 5.00 Å². The summed E-state index contributed by atoms with van der Waals surface area (Å²) in [6, 6.07) is 3.73. The number of β-amino-alcohol motifs (C(OH)–C–C–N with tert-alkyl or cyclic N) is 1. The van der Waals surface area contributed by atoms with Gasteiger partial charge in [-0.15, -0.1) is 11.3 Å². The van der Waals surface area contributed by atoms with Crippen molar-refractivity contribution in [2.45, 2.75) is 19.4 Å². The van der Waals surface area contributed by atoms with Crippen LogP contribution in [0.1, 0.15) is 28.6 Å². The highest BCUT2D eigenvalue weighted by molar-refractivity contribution is 7.18. The average molecular weight is 236 g/mol. The second kappa shape index (κ2) is 4.24. The van der Waals surface area contributed by atoms with E-state index >= 15 is 0 Å². The summed E-state index contributed by atoms with van der Waals surface area (Å²) in [4.78, 5) is 13.8. The lowest BCUT2D eigenvalue weighted by atomic mass is 10.2. The van der Waals surface area contributed by atoms with Gasteiger partial charge in [0.1, 0.15) is 11.1 Å². The third kappa shape index (κ3) is 1.94. The van der Waals surface area contributed by atoms with Crippen molar-refractivity contribution in [1.82, 2.24) is 0 Å². The molecule has 16 heavy (non-hydrogen) atoms. The number of rotatable bonds is 2. The van der Waals surface area contributed by atoms with Crippen LogP contribution >= 0.6 is 11.3 Å². The first-order valence-electron chi connectivity index (χ1n) is 5.09. The summed E-state index contributed by atoms with van der Waals surface area (Å²) in [7, 11) is 0. The SMILES string of the molecule is CC(=O)c1cc(C#N)c(N2CCC(O)C2)s1. The average Bonchev–Trinajstić information content (AvgIpc) is 2.82. The molecule has 5 heteroatoms. The fraction of sp³-hybridized carbons (Fsp3) is 0.455. The van der Waals surface area contributed by atoms with E-state index in [4.69, 9.17) is 5.26 Å². The van der Waals surface area contributed by atoms with Crippen LogP contribution in [0.5, 0.6) is 0 Å². The zero-order chi connectivity index (χ0) is 11.7. The maximum Gasteiger partial charge on any atom is 0.169 e. The van der Waals surface area contributed by atoms with Gasteiger partial charge in [0.2, 0.25) is 0 Å². The third-order valence-corrected chi connectivity index (χ3v) is 3.93. The van der Waals surface area contributed by atoms with E-state index in [0.29, 0.717) is 17.0 Å². The normalized spacial score (nSPS) is 19.8. The van der Waals surface area contributed by atoms with Crippen LogP contribution < -0.4 is 4.90 Å². The standard InChI is InChI=1S/C11H12N2O2S/c1-7(14)10-4-8(5-12)11(16-10)13-3-2-9(15)6-13/h4,9,15H,2-3,6H2,1H3. The maximum absolute atomic E-state index is 11.2. The lowest BCUT2D eigenvalue weighted by Crippen LogP contribution is -2.20. The fourth-order valence-corrected chi connectivity index (χ4v) is 2.83. The number of aliphatic hydroxyl groups excluding tert-OH is 1. The molecule has 1 aliphatic rings. The minimum Gasteiger partial charge on any atom is -0.391 e. The van der Waals surface area contributed by atoms with E-state index in [1.54, 1.807) is 6.07 Å². The lowest BCUT2D eigenvalue weighted by molar-refractivity contribution is 0.102. The van der Waals surface area contributed by atoms with Crippen molar-refractivity contribution in [2.75, 3.05) is 18.0 Å². The number of carbonyl (C=O) groups excluding carboxylic acids is 1. The van der Waals surface area contributed by atoms with Gasteiger partial charge >= 0.3 is 0 Å². The van der Waals surface area contributed by atoms with Crippen molar-refractivity contribution in [2.24, 2.45) is 0 Å². The Morgan fingerprint density at radius 3 is 3.00 bits per heavy atom. The minimum atomic E-state index is -0.325. The largest absolute Gasteiger partial charge is 0.391 e. The quantitative estimate of drug-likeness (QED) is 0.788. The number of hydrogen-bond donors (Lipinski definition) is 1. The molecule has 84 valence electrons. The number of ketones is 1. The first kappa shape index (κ1) is 11.1. The summed E-state index contributed by atoms with van der Waals surface area (Å²) >= 11 is 1.33. The van der Waals surface area contributed by atoms with Crippen molar-refractivity contribution in [3.63, 3.8) is 0 Å². The Balaban J connectivity index is 2.33. The van der Waals surface area contributed by atoms with E-state index in [0.717, 1.165) is 18.0 Å². The van der Waals surface area contributed by atoms with Gasteiger partial charge in [-0.05, 0) is 19.4 Å². The molecule has 1 aromatic heterocycles. The Morgan fingerprint density at radius 2 is 2.50 bits per heavy atom. The molecular formula is C11H12N2O2S. The fourth-order valence-electron chi connectivity index (χ4n) is 1.80. The number of hydrogen-bond acceptors (Lipinski definition) is 5. The molecule has 0 aliphatic carbocycles. The molecule has 1 N–H and O–H groups in total. The molecule has 1 atom stereocenters. The van der Waals surface area contributed by atoms with Crippen LogP contribution in [0, 0.1) is 11.3 Å². The van der Waals surface area contributed by atoms with Gasteiger partial charge in [0.05, 0.1) is 16.5 Å². The molecule has 1 aromatic rings. The van der Waals surface area contributed by atoms with Gasteiger partial charge < -0.3 is 10.0 Å². The first-order valence-corrected chi connectivity index (χ1v) is 5.91. The zero-order valence-electron chi connectivity index (χ0n) is 8.93. The Morgan fingerprint density at radius 1 is 1.75 bits per heavy atom. The molecule has 2 heterocycles. The van der Waals surface area contributed by atoms with Crippen molar-refractivity contribution in [3.8, 4) is 6.07 Å². The summed E-state index contributed by atoms with van der Waals surface area (Å²) < 4.78 is 0. The van der Waals surface area contributed by atoms with E-state index in [2.05, 4.69) is 6.07 Å². The highest BCUT2D eigenvalue weighted by Gasteiger charge is 2.24. The predicted octanol–water partition coefficient (Wildman–Crippen LogP) is 1.39. The van der Waals surface area contributed by atoms with Crippen molar-refractivity contribution < 1.29 is 9.90 Å². The second-order valence-corrected chi connectivity index (χ2v) is 4.92. The van der Waals surface area contributed by atoms with E-state index < -0.39 is 0 Å². The number of thiophene rings is 1. The van der Waals surface area contributed by atoms with E-state index in [9.17, 15) is 9.90 Å². The number of nitriles is 1. The van der Waals surface area contributed by atoms with Gasteiger partial charge in [-0.1, -0.05) is 0 Å². The zero-order valence-corrected chi connectivity index (χ0v) is 9.75. The van der Waals surface area contributed by atoms with Crippen molar-refractivity contribution >= 4 is 22.1 Å². The summed E-state index contributed by atoms with van der Waals surface area (Å²) in [5.74, 6) is -0.0208. The molecule has 4 nitrogen and oxygen atoms in total. The molecule has 2 rings (SSSR count). The molecule has 0 radical (unpaired) electrons. The van der Waals surface area contributed by atoms with Crippen molar-refractivity contribution in [1.29, 1.82) is 5.26 Å². The number of carbonyl (C=O) groups is 1.